The minimum Gasteiger partial charge on any atom is -0.484 e. The molecule has 1 fully saturated rings. The van der Waals surface area contributed by atoms with E-state index in [9.17, 15) is 13.2 Å². The lowest BCUT2D eigenvalue weighted by molar-refractivity contribution is -0.133. The fraction of sp³-hybridized carbons (Fsp3) is 0.500. The van der Waals surface area contributed by atoms with Gasteiger partial charge in [-0.25, -0.2) is 12.7 Å². The van der Waals surface area contributed by atoms with Crippen LogP contribution in [0.5, 0.6) is 5.75 Å². The van der Waals surface area contributed by atoms with Crippen LogP contribution in [0.25, 0.3) is 0 Å². The van der Waals surface area contributed by atoms with Gasteiger partial charge in [-0.2, -0.15) is 0 Å². The SMILES string of the molecule is CS(=O)(=O)N1CCCN(C(=O)COc2ccc(Cl)cc2)CC1. The number of benzene rings is 1. The molecule has 1 aromatic rings. The first-order valence-corrected chi connectivity index (χ1v) is 9.20. The van der Waals surface area contributed by atoms with Crippen LogP contribution in [0.2, 0.25) is 5.02 Å². The van der Waals surface area contributed by atoms with Crippen LogP contribution in [0.15, 0.2) is 24.3 Å². The summed E-state index contributed by atoms with van der Waals surface area (Å²) in [4.78, 5) is 13.8. The molecular formula is C14H19ClN2O4S. The number of sulfonamides is 1. The van der Waals surface area contributed by atoms with E-state index in [-0.39, 0.29) is 12.5 Å². The zero-order chi connectivity index (χ0) is 16.2. The van der Waals surface area contributed by atoms with E-state index >= 15 is 0 Å². The molecular weight excluding hydrogens is 328 g/mol. The van der Waals surface area contributed by atoms with E-state index in [1.807, 2.05) is 0 Å². The van der Waals surface area contributed by atoms with Crippen LogP contribution >= 0.6 is 11.6 Å². The van der Waals surface area contributed by atoms with E-state index < -0.39 is 10.0 Å². The lowest BCUT2D eigenvalue weighted by Crippen LogP contribution is -2.39. The van der Waals surface area contributed by atoms with E-state index in [4.69, 9.17) is 16.3 Å². The van der Waals surface area contributed by atoms with Gasteiger partial charge in [-0.05, 0) is 30.7 Å². The van der Waals surface area contributed by atoms with E-state index in [2.05, 4.69) is 0 Å². The second kappa shape index (κ2) is 7.30. The van der Waals surface area contributed by atoms with Crippen LogP contribution in [-0.2, 0) is 14.8 Å². The van der Waals surface area contributed by atoms with Gasteiger partial charge in [0, 0.05) is 31.2 Å². The van der Waals surface area contributed by atoms with Crippen molar-refractivity contribution in [2.24, 2.45) is 0 Å². The van der Waals surface area contributed by atoms with E-state index in [1.165, 1.54) is 10.6 Å². The average molecular weight is 347 g/mol. The number of ether oxygens (including phenoxy) is 1. The number of hydrogen-bond donors (Lipinski definition) is 0. The van der Waals surface area contributed by atoms with Crippen molar-refractivity contribution in [3.8, 4) is 5.75 Å². The Morgan fingerprint density at radius 3 is 2.50 bits per heavy atom. The summed E-state index contributed by atoms with van der Waals surface area (Å²) in [7, 11) is -3.21. The minimum absolute atomic E-state index is 0.0689. The number of hydrogen-bond acceptors (Lipinski definition) is 4. The first-order valence-electron chi connectivity index (χ1n) is 6.97. The maximum Gasteiger partial charge on any atom is 0.260 e. The molecule has 8 heteroatoms. The van der Waals surface area contributed by atoms with Gasteiger partial charge in [-0.15, -0.1) is 0 Å². The standard InChI is InChI=1S/C14H19ClN2O4S/c1-22(19,20)17-8-2-7-16(9-10-17)14(18)11-21-13-5-3-12(15)4-6-13/h3-6H,2,7-11H2,1H3. The van der Waals surface area contributed by atoms with Crippen molar-refractivity contribution in [3.63, 3.8) is 0 Å². The topological polar surface area (TPSA) is 66.9 Å². The van der Waals surface area contributed by atoms with Gasteiger partial charge in [0.05, 0.1) is 6.26 Å². The Bertz CT molecular complexity index is 618. The third-order valence-corrected chi connectivity index (χ3v) is 5.01. The number of rotatable bonds is 4. The highest BCUT2D eigenvalue weighted by molar-refractivity contribution is 7.88. The highest BCUT2D eigenvalue weighted by Crippen LogP contribution is 2.15. The van der Waals surface area contributed by atoms with Crippen LogP contribution in [-0.4, -0.2) is 62.6 Å². The van der Waals surface area contributed by atoms with E-state index in [0.29, 0.717) is 43.4 Å². The number of nitrogens with zero attached hydrogens (tertiary/aromatic N) is 2. The molecule has 0 aliphatic carbocycles. The van der Waals surface area contributed by atoms with Gasteiger partial charge >= 0.3 is 0 Å². The maximum absolute atomic E-state index is 12.2. The summed E-state index contributed by atoms with van der Waals surface area (Å²) < 4.78 is 29.9. The predicted octanol–water partition coefficient (Wildman–Crippen LogP) is 1.21. The van der Waals surface area contributed by atoms with Gasteiger partial charge in [0.15, 0.2) is 6.61 Å². The van der Waals surface area contributed by atoms with Crippen LogP contribution in [0.1, 0.15) is 6.42 Å². The molecule has 0 atom stereocenters. The molecule has 1 saturated heterocycles. The quantitative estimate of drug-likeness (QED) is 0.822. The highest BCUT2D eigenvalue weighted by atomic mass is 35.5. The van der Waals surface area contributed by atoms with Crippen molar-refractivity contribution in [2.45, 2.75) is 6.42 Å². The number of halogens is 1. The van der Waals surface area contributed by atoms with Gasteiger partial charge in [0.1, 0.15) is 5.75 Å². The van der Waals surface area contributed by atoms with E-state index in [0.717, 1.165) is 0 Å². The van der Waals surface area contributed by atoms with E-state index in [1.54, 1.807) is 29.2 Å². The fourth-order valence-corrected chi connectivity index (χ4v) is 3.24. The third kappa shape index (κ3) is 4.86. The smallest absolute Gasteiger partial charge is 0.260 e. The lowest BCUT2D eigenvalue weighted by atomic mass is 10.3. The molecule has 122 valence electrons. The zero-order valence-corrected chi connectivity index (χ0v) is 13.9. The van der Waals surface area contributed by atoms with Crippen LogP contribution < -0.4 is 4.74 Å². The second-order valence-corrected chi connectivity index (χ2v) is 7.56. The summed E-state index contributed by atoms with van der Waals surface area (Å²) >= 11 is 5.78. The molecule has 1 aliphatic heterocycles. The Balaban J connectivity index is 1.86. The highest BCUT2D eigenvalue weighted by Gasteiger charge is 2.23. The van der Waals surface area contributed by atoms with Crippen LogP contribution in [0, 0.1) is 0 Å². The summed E-state index contributed by atoms with van der Waals surface area (Å²) in [6.07, 6.45) is 1.81. The molecule has 0 unspecified atom stereocenters. The summed E-state index contributed by atoms with van der Waals surface area (Å²) in [5, 5.41) is 0.604. The minimum atomic E-state index is -3.21. The fourth-order valence-electron chi connectivity index (χ4n) is 2.24. The van der Waals surface area contributed by atoms with Gasteiger partial charge in [0.25, 0.3) is 5.91 Å². The van der Waals surface area contributed by atoms with Gasteiger partial charge in [-0.1, -0.05) is 11.6 Å². The van der Waals surface area contributed by atoms with Crippen molar-refractivity contribution in [2.75, 3.05) is 39.0 Å². The molecule has 0 aromatic heterocycles. The molecule has 0 spiro atoms. The first-order chi connectivity index (χ1) is 10.4. The van der Waals surface area contributed by atoms with Crippen LogP contribution in [0.3, 0.4) is 0 Å². The van der Waals surface area contributed by atoms with Crippen molar-refractivity contribution < 1.29 is 17.9 Å². The molecule has 1 amide bonds. The molecule has 0 N–H and O–H groups in total. The molecule has 2 rings (SSSR count). The summed E-state index contributed by atoms with van der Waals surface area (Å²) in [6.45, 7) is 1.62. The Morgan fingerprint density at radius 1 is 1.18 bits per heavy atom. The maximum atomic E-state index is 12.2. The third-order valence-electron chi connectivity index (χ3n) is 3.45. The monoisotopic (exact) mass is 346 g/mol. The number of amides is 1. The summed E-state index contributed by atoms with van der Waals surface area (Å²) in [6, 6.07) is 6.78. The number of carbonyl (C=O) groups excluding carboxylic acids is 1. The second-order valence-electron chi connectivity index (χ2n) is 5.14. The van der Waals surface area contributed by atoms with Gasteiger partial charge in [0.2, 0.25) is 10.0 Å². The Kier molecular flexibility index (Phi) is 5.66. The molecule has 1 aliphatic rings. The predicted molar refractivity (Wildman–Crippen MR) is 84.6 cm³/mol. The molecule has 22 heavy (non-hydrogen) atoms. The molecule has 1 heterocycles. The van der Waals surface area contributed by atoms with Crippen molar-refractivity contribution in [1.29, 1.82) is 0 Å². The molecule has 0 saturated carbocycles. The first kappa shape index (κ1) is 17.1. The molecule has 0 bridgehead atoms. The molecule has 1 aromatic carbocycles. The Labute approximate surface area is 135 Å². The van der Waals surface area contributed by atoms with Crippen molar-refractivity contribution in [1.82, 2.24) is 9.21 Å². The van der Waals surface area contributed by atoms with Gasteiger partial charge < -0.3 is 9.64 Å². The molecule has 0 radical (unpaired) electrons. The largest absolute Gasteiger partial charge is 0.484 e. The average Bonchev–Trinajstić information content (AvgIpc) is 2.72. The zero-order valence-electron chi connectivity index (χ0n) is 12.4. The molecule has 6 nitrogen and oxygen atoms in total. The Hall–Kier alpha value is -1.31. The summed E-state index contributed by atoms with van der Waals surface area (Å²) in [5.41, 5.74) is 0. The van der Waals surface area contributed by atoms with Crippen molar-refractivity contribution in [3.05, 3.63) is 29.3 Å². The summed E-state index contributed by atoms with van der Waals surface area (Å²) in [5.74, 6) is 0.427. The van der Waals surface area contributed by atoms with Gasteiger partial charge in [-0.3, -0.25) is 4.79 Å². The Morgan fingerprint density at radius 2 is 1.86 bits per heavy atom. The normalized spacial score (nSPS) is 17.1. The lowest BCUT2D eigenvalue weighted by Gasteiger charge is -2.21. The number of carbonyl (C=O) groups is 1. The van der Waals surface area contributed by atoms with Crippen molar-refractivity contribution >= 4 is 27.5 Å². The van der Waals surface area contributed by atoms with Crippen LogP contribution in [0.4, 0.5) is 0 Å².